The number of benzene rings is 4. The van der Waals surface area contributed by atoms with E-state index in [0.29, 0.717) is 140 Å². The lowest BCUT2D eigenvalue weighted by Crippen LogP contribution is -2.66. The highest BCUT2D eigenvalue weighted by Gasteiger charge is 2.60. The van der Waals surface area contributed by atoms with E-state index in [9.17, 15) is 13.7 Å². The summed E-state index contributed by atoms with van der Waals surface area (Å²) in [5, 5.41) is 1.87. The van der Waals surface area contributed by atoms with Gasteiger partial charge in [-0.15, -0.1) is 0 Å². The third-order valence-corrected chi connectivity index (χ3v) is 24.1. The van der Waals surface area contributed by atoms with Gasteiger partial charge in [-0.05, 0) is 105 Å². The van der Waals surface area contributed by atoms with Crippen molar-refractivity contribution in [2.75, 3.05) is 73.8 Å². The van der Waals surface area contributed by atoms with Gasteiger partial charge in [-0.25, -0.2) is 30.0 Å². The normalized spacial score (nSPS) is 18.1. The van der Waals surface area contributed by atoms with Crippen molar-refractivity contribution >= 4 is 122 Å². The Labute approximate surface area is 498 Å². The number of likely N-dealkylation sites (N-methyl/N-ethyl adjacent to an activating group) is 2. The Kier molecular flexibility index (Phi) is 19.3. The molecule has 6 heterocycles. The first-order valence-electron chi connectivity index (χ1n) is 29.0. The molecule has 0 amide bonds. The van der Waals surface area contributed by atoms with Crippen LogP contribution in [0.5, 0.6) is 0 Å². The Balaban J connectivity index is 1.48. The van der Waals surface area contributed by atoms with Crippen LogP contribution in [0, 0.1) is 0 Å². The number of fused-ring (bicyclic) bond motifs is 14. The number of rotatable bonds is 26. The second-order valence-electron chi connectivity index (χ2n) is 20.6. The summed E-state index contributed by atoms with van der Waals surface area (Å²) in [4.78, 5) is 69.0. The lowest BCUT2D eigenvalue weighted by atomic mass is 9.99. The van der Waals surface area contributed by atoms with Crippen molar-refractivity contribution in [2.45, 2.75) is 104 Å². The average molecular weight is 1220 g/mol. The molecule has 4 aliphatic heterocycles. The van der Waals surface area contributed by atoms with E-state index in [1.807, 2.05) is 131 Å². The smallest absolute Gasteiger partial charge is 0.616 e. The Bertz CT molecular complexity index is 3700. The molecular formula is C60H72N10O8S4Si. The van der Waals surface area contributed by atoms with E-state index in [4.69, 9.17) is 38.8 Å². The summed E-state index contributed by atoms with van der Waals surface area (Å²) in [6.07, 6.45) is 3.81. The Morgan fingerprint density at radius 1 is 0.530 bits per heavy atom. The maximum Gasteiger partial charge on any atom is 0.742 e. The maximum absolute atomic E-state index is 15.6. The number of nitrogens with zero attached hydrogens (tertiary/aromatic N) is 10. The molecule has 83 heavy (non-hydrogen) atoms. The fourth-order valence-corrected chi connectivity index (χ4v) is 18.3. The second-order valence-corrected chi connectivity index (χ2v) is 29.8. The molecule has 0 radical (unpaired) electrons. The van der Waals surface area contributed by atoms with E-state index in [1.54, 1.807) is 8.47 Å². The number of hydrogen-bond acceptors (Lipinski definition) is 16. The van der Waals surface area contributed by atoms with Gasteiger partial charge in [0.05, 0.1) is 24.0 Å². The lowest BCUT2D eigenvalue weighted by Gasteiger charge is -2.33. The summed E-state index contributed by atoms with van der Waals surface area (Å²) in [5.41, 5.74) is 4.20. The molecule has 6 aromatic rings. The highest BCUT2D eigenvalue weighted by atomic mass is 32.2. The molecule has 0 saturated carbocycles. The SMILES string of the molecule is CCCC[S+]([O-])c1cccc2c1C1=NC/2=N\c2c3cc(CC[S+]([O-])CC)ccc3c3n2[Si](OC(=O)CN(CC)CC)(OC(=O)CN(CC)CC)n2/c(c4cccc([S+]([O-])CCCC)c4/c2=N/C2=NC(=N\3)/c3c(CC[S+]([O-])CC)cccc32)=N\1. The number of carbonyl (C=O) groups excluding carboxylic acids is 2. The van der Waals surface area contributed by atoms with E-state index in [0.717, 1.165) is 24.0 Å². The van der Waals surface area contributed by atoms with Gasteiger partial charge in [0, 0.05) is 45.7 Å². The highest BCUT2D eigenvalue weighted by molar-refractivity contribution is 7.92. The van der Waals surface area contributed by atoms with Crippen molar-refractivity contribution in [2.24, 2.45) is 30.0 Å². The van der Waals surface area contributed by atoms with Crippen LogP contribution >= 0.6 is 0 Å². The van der Waals surface area contributed by atoms with E-state index in [-0.39, 0.29) is 59.0 Å². The van der Waals surface area contributed by atoms with Gasteiger partial charge in [-0.2, -0.15) is 0 Å². The number of unbranched alkanes of at least 4 members (excludes halogenated alkanes) is 2. The predicted octanol–water partition coefficient (Wildman–Crippen LogP) is 7.58. The summed E-state index contributed by atoms with van der Waals surface area (Å²) in [5.74, 6) is 2.16. The molecule has 438 valence electrons. The van der Waals surface area contributed by atoms with Crippen molar-refractivity contribution in [3.63, 3.8) is 0 Å². The molecule has 0 aliphatic carbocycles. The van der Waals surface area contributed by atoms with Crippen molar-refractivity contribution in [3.05, 3.63) is 117 Å². The first-order valence-corrected chi connectivity index (χ1v) is 36.3. The Morgan fingerprint density at radius 2 is 1.06 bits per heavy atom. The number of aliphatic imine (C=N–C) groups is 4. The molecular weight excluding hydrogens is 1150 g/mol. The zero-order chi connectivity index (χ0) is 58.7. The van der Waals surface area contributed by atoms with Crippen molar-refractivity contribution < 1.29 is 36.7 Å². The molecule has 6 bridgehead atoms. The molecule has 4 aliphatic rings. The lowest BCUT2D eigenvalue weighted by molar-refractivity contribution is -0.143. The Hall–Kier alpha value is -5.44. The minimum absolute atomic E-state index is 0.100. The number of amidine groups is 4. The molecule has 2 aromatic heterocycles. The van der Waals surface area contributed by atoms with Gasteiger partial charge in [-0.3, -0.25) is 27.9 Å². The zero-order valence-corrected chi connectivity index (χ0v) is 52.8. The molecule has 10 rings (SSSR count). The number of aromatic nitrogens is 2. The summed E-state index contributed by atoms with van der Waals surface area (Å²) in [6, 6.07) is 22.7. The fraction of sp³-hybridized carbons (Fsp3) is 0.433. The van der Waals surface area contributed by atoms with E-state index >= 15 is 14.1 Å². The van der Waals surface area contributed by atoms with Crippen LogP contribution in [0.4, 0.5) is 11.6 Å². The molecule has 0 N–H and O–H groups in total. The first kappa shape index (κ1) is 60.7. The number of aryl methyl sites for hydroxylation is 2. The summed E-state index contributed by atoms with van der Waals surface area (Å²) in [7, 11) is -5.44. The van der Waals surface area contributed by atoms with Crippen LogP contribution < -0.4 is 11.0 Å². The minimum atomic E-state index is -5.44. The third-order valence-electron chi connectivity index (χ3n) is 15.6. The van der Waals surface area contributed by atoms with E-state index < -0.39 is 65.5 Å². The van der Waals surface area contributed by atoms with Gasteiger partial charge in [-0.1, -0.05) is 131 Å². The van der Waals surface area contributed by atoms with Gasteiger partial charge >= 0.3 is 20.8 Å². The Morgan fingerprint density at radius 3 is 1.70 bits per heavy atom. The van der Waals surface area contributed by atoms with Crippen LogP contribution in [-0.4, -0.2) is 154 Å². The van der Waals surface area contributed by atoms with Gasteiger partial charge in [0.25, 0.3) is 0 Å². The standard InChI is InChI=1S/C60H72N10O8S4Si/c1-9-17-32-81(75)46-26-20-24-43-51(46)56-62-54(43)63-59-45-36-39(30-34-79(73)15-7)28-29-41(45)57-65-55-50-40(31-35-80(74)16-8)22-19-23-42(50)53(61-55)64-60-52-44(25-21-27-47(52)82(76)33-18-10-2)58(66-56)70(60)83(69(57)59,77-48(71)37-67(11-3)12-4)78-49(72)38-68(13-5)14-6/h19-29,36H,9-18,30-35,37-38H2,1-8H3/b63-54-,63-59?,64-53?,64-60-,65-55-,65-57?,66-56?,66-58-. The van der Waals surface area contributed by atoms with Crippen LogP contribution in [0.15, 0.2) is 113 Å². The number of hydrogen-bond donors (Lipinski definition) is 0. The fourth-order valence-electron chi connectivity index (χ4n) is 10.9. The summed E-state index contributed by atoms with van der Waals surface area (Å²) < 4.78 is 74.2. The van der Waals surface area contributed by atoms with Gasteiger partial charge in [0.1, 0.15) is 57.1 Å². The van der Waals surface area contributed by atoms with Crippen LogP contribution in [0.3, 0.4) is 0 Å². The molecule has 4 unspecified atom stereocenters. The molecule has 4 atom stereocenters. The molecule has 23 heteroatoms. The van der Waals surface area contributed by atoms with Crippen molar-refractivity contribution in [1.82, 2.24) is 18.3 Å². The average Bonchev–Trinajstić information content (AvgIpc) is 2.66. The summed E-state index contributed by atoms with van der Waals surface area (Å²) >= 11 is -5.38. The monoisotopic (exact) mass is 1220 g/mol. The molecule has 0 fully saturated rings. The quantitative estimate of drug-likeness (QED) is 0.0381. The van der Waals surface area contributed by atoms with Crippen LogP contribution in [-0.2, 0) is 76.0 Å². The topological polar surface area (TPSA) is 235 Å². The van der Waals surface area contributed by atoms with Crippen molar-refractivity contribution in [1.29, 1.82) is 0 Å². The predicted molar refractivity (Wildman–Crippen MR) is 336 cm³/mol. The van der Waals surface area contributed by atoms with Crippen LogP contribution in [0.25, 0.3) is 21.5 Å². The van der Waals surface area contributed by atoms with Gasteiger partial charge in [0.2, 0.25) is 0 Å². The largest absolute Gasteiger partial charge is 0.742 e. The minimum Gasteiger partial charge on any atom is -0.616 e. The van der Waals surface area contributed by atoms with E-state index in [1.165, 1.54) is 0 Å². The van der Waals surface area contributed by atoms with Crippen molar-refractivity contribution in [3.8, 4) is 0 Å². The number of carbonyl (C=O) groups is 2. The van der Waals surface area contributed by atoms with E-state index in [2.05, 4.69) is 6.92 Å². The molecule has 0 saturated heterocycles. The highest BCUT2D eigenvalue weighted by Crippen LogP contribution is 2.45. The van der Waals surface area contributed by atoms with Crippen LogP contribution in [0.2, 0.25) is 0 Å². The molecule has 18 nitrogen and oxygen atoms in total. The molecule has 4 aromatic carbocycles. The first-order chi connectivity index (χ1) is 40.2. The second kappa shape index (κ2) is 26.4. The zero-order valence-electron chi connectivity index (χ0n) is 48.5. The molecule has 0 spiro atoms. The van der Waals surface area contributed by atoms with Crippen LogP contribution in [0.1, 0.15) is 114 Å². The maximum atomic E-state index is 15.6. The third kappa shape index (κ3) is 11.8. The van der Waals surface area contributed by atoms with Gasteiger partial charge in [0.15, 0.2) is 33.1 Å². The van der Waals surface area contributed by atoms with Gasteiger partial charge < -0.3 is 27.1 Å². The summed E-state index contributed by atoms with van der Waals surface area (Å²) in [6.45, 7) is 17.2.